The second kappa shape index (κ2) is 6.06. The van der Waals surface area contributed by atoms with E-state index < -0.39 is 0 Å². The zero-order valence-corrected chi connectivity index (χ0v) is 11.7. The van der Waals surface area contributed by atoms with Gasteiger partial charge in [-0.15, -0.1) is 0 Å². The van der Waals surface area contributed by atoms with Crippen molar-refractivity contribution in [2.75, 3.05) is 13.7 Å². The average molecular weight is 235 g/mol. The maximum atomic E-state index is 5.64. The maximum absolute atomic E-state index is 5.64. The van der Waals surface area contributed by atoms with Gasteiger partial charge in [-0.1, -0.05) is 31.5 Å². The zero-order valence-electron chi connectivity index (χ0n) is 11.7. The van der Waals surface area contributed by atoms with Gasteiger partial charge in [-0.3, -0.25) is 0 Å². The second-order valence-electron chi connectivity index (χ2n) is 5.05. The molecule has 96 valence electrons. The van der Waals surface area contributed by atoms with Gasteiger partial charge < -0.3 is 10.5 Å². The van der Waals surface area contributed by atoms with Crippen molar-refractivity contribution < 1.29 is 4.74 Å². The highest BCUT2D eigenvalue weighted by molar-refractivity contribution is 5.45. The Balaban J connectivity index is 3.11. The van der Waals surface area contributed by atoms with Crippen LogP contribution < -0.4 is 10.5 Å². The Morgan fingerprint density at radius 2 is 1.88 bits per heavy atom. The molecule has 0 spiro atoms. The van der Waals surface area contributed by atoms with Gasteiger partial charge in [-0.2, -0.15) is 0 Å². The minimum absolute atomic E-state index is 0.479. The topological polar surface area (TPSA) is 35.2 Å². The van der Waals surface area contributed by atoms with Crippen LogP contribution in [0.1, 0.15) is 42.9 Å². The molecule has 0 aromatic heterocycles. The van der Waals surface area contributed by atoms with Crippen molar-refractivity contribution in [3.8, 4) is 5.75 Å². The fourth-order valence-corrected chi connectivity index (χ4v) is 2.42. The summed E-state index contributed by atoms with van der Waals surface area (Å²) in [4.78, 5) is 0. The minimum Gasteiger partial charge on any atom is -0.496 e. The van der Waals surface area contributed by atoms with Crippen molar-refractivity contribution in [2.24, 2.45) is 11.7 Å². The third-order valence-corrected chi connectivity index (χ3v) is 3.62. The number of ether oxygens (including phenoxy) is 1. The smallest absolute Gasteiger partial charge is 0.125 e. The van der Waals surface area contributed by atoms with E-state index >= 15 is 0 Å². The number of methoxy groups -OCH3 is 1. The Bertz CT molecular complexity index is 373. The molecule has 2 heteroatoms. The van der Waals surface area contributed by atoms with Crippen LogP contribution in [-0.4, -0.2) is 13.7 Å². The lowest BCUT2D eigenvalue weighted by atomic mass is 9.85. The second-order valence-corrected chi connectivity index (χ2v) is 5.05. The predicted octanol–water partition coefficient (Wildman–Crippen LogP) is 3.40. The Hall–Kier alpha value is -1.02. The highest BCUT2D eigenvalue weighted by Crippen LogP contribution is 2.35. The van der Waals surface area contributed by atoms with Crippen molar-refractivity contribution >= 4 is 0 Å². The lowest BCUT2D eigenvalue weighted by molar-refractivity contribution is 0.387. The van der Waals surface area contributed by atoms with Crippen LogP contribution in [0.3, 0.4) is 0 Å². The molecule has 2 nitrogen and oxygen atoms in total. The largest absolute Gasteiger partial charge is 0.496 e. The molecule has 0 aliphatic carbocycles. The number of rotatable bonds is 5. The van der Waals surface area contributed by atoms with E-state index in [0.717, 1.165) is 18.7 Å². The van der Waals surface area contributed by atoms with Gasteiger partial charge in [0.2, 0.25) is 0 Å². The first-order valence-corrected chi connectivity index (χ1v) is 6.36. The molecule has 0 heterocycles. The first-order valence-electron chi connectivity index (χ1n) is 6.36. The third kappa shape index (κ3) is 3.22. The van der Waals surface area contributed by atoms with E-state index in [4.69, 9.17) is 10.5 Å². The van der Waals surface area contributed by atoms with E-state index in [2.05, 4.69) is 39.8 Å². The Morgan fingerprint density at radius 3 is 2.41 bits per heavy atom. The van der Waals surface area contributed by atoms with E-state index in [1.54, 1.807) is 7.11 Å². The number of hydrogen-bond donors (Lipinski definition) is 1. The molecule has 0 fully saturated rings. The van der Waals surface area contributed by atoms with Crippen molar-refractivity contribution in [3.63, 3.8) is 0 Å². The highest BCUT2D eigenvalue weighted by atomic mass is 16.5. The summed E-state index contributed by atoms with van der Waals surface area (Å²) in [7, 11) is 1.75. The van der Waals surface area contributed by atoms with E-state index in [1.807, 2.05) is 0 Å². The van der Waals surface area contributed by atoms with Crippen LogP contribution in [0.2, 0.25) is 0 Å². The quantitative estimate of drug-likeness (QED) is 0.849. The summed E-state index contributed by atoms with van der Waals surface area (Å²) in [5.74, 6) is 2.09. The fourth-order valence-electron chi connectivity index (χ4n) is 2.42. The summed E-state index contributed by atoms with van der Waals surface area (Å²) in [6, 6.07) is 4.41. The van der Waals surface area contributed by atoms with E-state index in [1.165, 1.54) is 16.7 Å². The summed E-state index contributed by atoms with van der Waals surface area (Å²) in [5, 5.41) is 0. The maximum Gasteiger partial charge on any atom is 0.125 e. The van der Waals surface area contributed by atoms with Gasteiger partial charge in [0.25, 0.3) is 0 Å². The molecule has 2 unspecified atom stereocenters. The standard InChI is InChI=1S/C15H25NO/c1-10-8-12(3)15(17-5)14(9-10)13(4)11(2)6-7-16/h8-9,11,13H,6-7,16H2,1-5H3. The lowest BCUT2D eigenvalue weighted by Gasteiger charge is -2.23. The van der Waals surface area contributed by atoms with Crippen LogP contribution in [0.25, 0.3) is 0 Å². The Kier molecular flexibility index (Phi) is 5.01. The highest BCUT2D eigenvalue weighted by Gasteiger charge is 2.19. The molecule has 0 bridgehead atoms. The zero-order chi connectivity index (χ0) is 13.0. The molecule has 1 aromatic carbocycles. The van der Waals surface area contributed by atoms with Gasteiger partial charge in [0, 0.05) is 0 Å². The van der Waals surface area contributed by atoms with Gasteiger partial charge in [0.05, 0.1) is 7.11 Å². The summed E-state index contributed by atoms with van der Waals surface area (Å²) in [6.45, 7) is 9.51. The number of aryl methyl sites for hydroxylation is 2. The van der Waals surface area contributed by atoms with Gasteiger partial charge in [-0.25, -0.2) is 0 Å². The number of nitrogens with two attached hydrogens (primary N) is 1. The molecule has 0 radical (unpaired) electrons. The first-order chi connectivity index (χ1) is 8.01. The molecule has 0 saturated carbocycles. The first kappa shape index (κ1) is 14.0. The van der Waals surface area contributed by atoms with Crippen molar-refractivity contribution in [3.05, 3.63) is 28.8 Å². The molecule has 0 aliphatic heterocycles. The normalized spacial score (nSPS) is 14.5. The van der Waals surface area contributed by atoms with Crippen molar-refractivity contribution in [2.45, 2.75) is 40.0 Å². The van der Waals surface area contributed by atoms with Crippen LogP contribution in [-0.2, 0) is 0 Å². The molecular weight excluding hydrogens is 210 g/mol. The van der Waals surface area contributed by atoms with Crippen LogP contribution >= 0.6 is 0 Å². The molecule has 1 rings (SSSR count). The van der Waals surface area contributed by atoms with Gasteiger partial charge in [0.1, 0.15) is 5.75 Å². The van der Waals surface area contributed by atoms with Crippen LogP contribution in [0.4, 0.5) is 0 Å². The molecular formula is C15H25NO. The van der Waals surface area contributed by atoms with E-state index in [9.17, 15) is 0 Å². The molecule has 0 saturated heterocycles. The third-order valence-electron chi connectivity index (χ3n) is 3.62. The fraction of sp³-hybridized carbons (Fsp3) is 0.600. The summed E-state index contributed by atoms with van der Waals surface area (Å²) in [5.41, 5.74) is 9.47. The lowest BCUT2D eigenvalue weighted by Crippen LogP contribution is -2.13. The van der Waals surface area contributed by atoms with Crippen LogP contribution in [0.5, 0.6) is 5.75 Å². The summed E-state index contributed by atoms with van der Waals surface area (Å²) >= 11 is 0. The SMILES string of the molecule is COc1c(C)cc(C)cc1C(C)C(C)CCN. The van der Waals surface area contributed by atoms with Crippen molar-refractivity contribution in [1.29, 1.82) is 0 Å². The predicted molar refractivity (Wildman–Crippen MR) is 73.7 cm³/mol. The number of hydrogen-bond acceptors (Lipinski definition) is 2. The van der Waals surface area contributed by atoms with Crippen molar-refractivity contribution in [1.82, 2.24) is 0 Å². The van der Waals surface area contributed by atoms with Crippen LogP contribution in [0, 0.1) is 19.8 Å². The Morgan fingerprint density at radius 1 is 1.24 bits per heavy atom. The van der Waals surface area contributed by atoms with Gasteiger partial charge in [0.15, 0.2) is 0 Å². The molecule has 1 aromatic rings. The van der Waals surface area contributed by atoms with E-state index in [-0.39, 0.29) is 0 Å². The molecule has 0 aliphatic rings. The molecule has 0 amide bonds. The van der Waals surface area contributed by atoms with E-state index in [0.29, 0.717) is 11.8 Å². The van der Waals surface area contributed by atoms with Crippen LogP contribution in [0.15, 0.2) is 12.1 Å². The monoisotopic (exact) mass is 235 g/mol. The van der Waals surface area contributed by atoms with Gasteiger partial charge >= 0.3 is 0 Å². The van der Waals surface area contributed by atoms with Gasteiger partial charge in [-0.05, 0) is 49.8 Å². The minimum atomic E-state index is 0.479. The molecule has 2 atom stereocenters. The molecule has 17 heavy (non-hydrogen) atoms. The molecule has 2 N–H and O–H groups in total. The number of benzene rings is 1. The summed E-state index contributed by atoms with van der Waals surface area (Å²) < 4.78 is 5.55. The summed E-state index contributed by atoms with van der Waals surface area (Å²) in [6.07, 6.45) is 1.05. The average Bonchev–Trinajstić information content (AvgIpc) is 2.27. The Labute approximate surface area is 105 Å².